The molecule has 1 fully saturated rings. The van der Waals surface area contributed by atoms with Gasteiger partial charge in [-0.3, -0.25) is 0 Å². The van der Waals surface area contributed by atoms with Crippen molar-refractivity contribution in [3.8, 4) is 11.6 Å². The van der Waals surface area contributed by atoms with Crippen LogP contribution < -0.4 is 15.0 Å². The molecule has 2 N–H and O–H groups in total. The third-order valence-corrected chi connectivity index (χ3v) is 5.76. The summed E-state index contributed by atoms with van der Waals surface area (Å²) in [5.41, 5.74) is 2.70. The number of aromatic nitrogens is 3. The van der Waals surface area contributed by atoms with Crippen molar-refractivity contribution in [3.63, 3.8) is 0 Å². The first-order valence-electron chi connectivity index (χ1n) is 10.7. The first kappa shape index (κ1) is 21.1. The molecule has 0 spiro atoms. The Labute approximate surface area is 190 Å². The molecule has 3 heterocycles. The van der Waals surface area contributed by atoms with Crippen LogP contribution in [0.15, 0.2) is 48.8 Å². The summed E-state index contributed by atoms with van der Waals surface area (Å²) < 4.78 is 35.3. The van der Waals surface area contributed by atoms with Gasteiger partial charge < -0.3 is 24.8 Å². The van der Waals surface area contributed by atoms with E-state index in [2.05, 4.69) is 32.2 Å². The van der Waals surface area contributed by atoms with Crippen LogP contribution in [0.4, 0.5) is 26.0 Å². The number of piperazine rings is 1. The van der Waals surface area contributed by atoms with Crippen LogP contribution in [0, 0.1) is 18.6 Å². The van der Waals surface area contributed by atoms with Crippen LogP contribution in [-0.2, 0) is 0 Å². The normalized spacial score (nSPS) is 14.6. The van der Waals surface area contributed by atoms with E-state index in [0.29, 0.717) is 28.1 Å². The Bertz CT molecular complexity index is 1300. The Hall–Kier alpha value is -3.72. The number of aryl methyl sites for hydroxylation is 1. The quantitative estimate of drug-likeness (QED) is 0.454. The fraction of sp³-hybridized carbons (Fsp3) is 0.250. The van der Waals surface area contributed by atoms with E-state index in [1.54, 1.807) is 30.3 Å². The summed E-state index contributed by atoms with van der Waals surface area (Å²) >= 11 is 0. The number of fused-ring (bicyclic) bond motifs is 1. The van der Waals surface area contributed by atoms with Gasteiger partial charge in [-0.1, -0.05) is 0 Å². The number of anilines is 3. The van der Waals surface area contributed by atoms with E-state index in [1.165, 1.54) is 18.5 Å². The Kier molecular flexibility index (Phi) is 5.55. The van der Waals surface area contributed by atoms with Gasteiger partial charge in [0, 0.05) is 54.5 Å². The van der Waals surface area contributed by atoms with Gasteiger partial charge in [-0.05, 0) is 50.4 Å². The second kappa shape index (κ2) is 8.67. The minimum atomic E-state index is -0.466. The van der Waals surface area contributed by atoms with Gasteiger partial charge in [-0.2, -0.15) is 0 Å². The van der Waals surface area contributed by atoms with Crippen LogP contribution in [0.3, 0.4) is 0 Å². The number of hydrogen-bond acceptors (Lipinski definition) is 6. The summed E-state index contributed by atoms with van der Waals surface area (Å²) in [5.74, 6) is -0.120. The van der Waals surface area contributed by atoms with E-state index in [1.807, 2.05) is 11.8 Å². The zero-order valence-corrected chi connectivity index (χ0v) is 18.4. The number of likely N-dealkylation sites (N-methyl/N-ethyl adjacent to an activating group) is 1. The van der Waals surface area contributed by atoms with Crippen molar-refractivity contribution in [1.82, 2.24) is 19.9 Å². The highest BCUT2D eigenvalue weighted by Gasteiger charge is 2.18. The molecule has 0 saturated carbocycles. The second-order valence-electron chi connectivity index (χ2n) is 8.22. The minimum absolute atomic E-state index is 0.0636. The molecule has 5 rings (SSSR count). The molecule has 0 amide bonds. The smallest absolute Gasteiger partial charge is 0.224 e. The molecule has 7 nitrogen and oxygen atoms in total. The molecule has 1 saturated heterocycles. The number of H-pyrrole nitrogens is 1. The van der Waals surface area contributed by atoms with E-state index in [9.17, 15) is 8.78 Å². The Morgan fingerprint density at radius 3 is 2.61 bits per heavy atom. The first-order chi connectivity index (χ1) is 16.0. The van der Waals surface area contributed by atoms with Crippen LogP contribution in [0.5, 0.6) is 11.6 Å². The van der Waals surface area contributed by atoms with Crippen molar-refractivity contribution in [3.05, 3.63) is 66.1 Å². The topological polar surface area (TPSA) is 69.3 Å². The number of hydrogen-bond donors (Lipinski definition) is 2. The summed E-state index contributed by atoms with van der Waals surface area (Å²) in [7, 11) is 2.06. The number of nitrogens with one attached hydrogen (secondary N) is 2. The van der Waals surface area contributed by atoms with E-state index >= 15 is 0 Å². The molecule has 0 unspecified atom stereocenters. The van der Waals surface area contributed by atoms with Gasteiger partial charge in [0.1, 0.15) is 18.0 Å². The lowest BCUT2D eigenvalue weighted by atomic mass is 10.2. The molecule has 9 heteroatoms. The lowest BCUT2D eigenvalue weighted by molar-refractivity contribution is 0.311. The Balaban J connectivity index is 1.32. The molecule has 170 valence electrons. The third-order valence-electron chi connectivity index (χ3n) is 5.76. The summed E-state index contributed by atoms with van der Waals surface area (Å²) in [6, 6.07) is 11.6. The van der Waals surface area contributed by atoms with Crippen LogP contribution in [0.2, 0.25) is 0 Å². The molecule has 0 aliphatic carbocycles. The van der Waals surface area contributed by atoms with Crippen LogP contribution in [-0.4, -0.2) is 53.1 Å². The zero-order valence-electron chi connectivity index (χ0n) is 18.4. The van der Waals surface area contributed by atoms with E-state index in [4.69, 9.17) is 4.74 Å². The highest BCUT2D eigenvalue weighted by molar-refractivity contribution is 5.82. The minimum Gasteiger partial charge on any atom is -0.436 e. The van der Waals surface area contributed by atoms with Crippen LogP contribution in [0.1, 0.15) is 5.69 Å². The average Bonchev–Trinajstić information content (AvgIpc) is 3.18. The number of rotatable bonds is 5. The predicted molar refractivity (Wildman–Crippen MR) is 124 cm³/mol. The molecule has 4 aromatic rings. The summed E-state index contributed by atoms with van der Waals surface area (Å²) in [6.45, 7) is 5.25. The van der Waals surface area contributed by atoms with Crippen molar-refractivity contribution in [2.24, 2.45) is 0 Å². The lowest BCUT2D eigenvalue weighted by Gasteiger charge is -2.34. The van der Waals surface area contributed by atoms with Gasteiger partial charge >= 0.3 is 0 Å². The molecular formula is C24H24F2N6O. The molecule has 33 heavy (non-hydrogen) atoms. The summed E-state index contributed by atoms with van der Waals surface area (Å²) in [5, 5.41) is 3.51. The maximum absolute atomic E-state index is 14.8. The summed E-state index contributed by atoms with van der Waals surface area (Å²) in [4.78, 5) is 15.6. The molecule has 0 radical (unpaired) electrons. The highest BCUT2D eigenvalue weighted by Crippen LogP contribution is 2.31. The number of aromatic amines is 1. The Morgan fingerprint density at radius 1 is 1.00 bits per heavy atom. The average molecular weight is 450 g/mol. The third kappa shape index (κ3) is 4.45. The zero-order chi connectivity index (χ0) is 22.9. The van der Waals surface area contributed by atoms with Gasteiger partial charge in [0.15, 0.2) is 11.6 Å². The summed E-state index contributed by atoms with van der Waals surface area (Å²) in [6.07, 6.45) is 1.31. The molecule has 2 aromatic heterocycles. The van der Waals surface area contributed by atoms with Crippen LogP contribution in [0.25, 0.3) is 10.9 Å². The largest absolute Gasteiger partial charge is 0.436 e. The number of nitrogens with zero attached hydrogens (tertiary/aromatic N) is 4. The number of benzene rings is 2. The van der Waals surface area contributed by atoms with Crippen molar-refractivity contribution in [2.75, 3.05) is 43.4 Å². The van der Waals surface area contributed by atoms with E-state index in [0.717, 1.165) is 31.9 Å². The lowest BCUT2D eigenvalue weighted by Crippen LogP contribution is -2.44. The molecule has 2 aromatic carbocycles. The maximum atomic E-state index is 14.8. The Morgan fingerprint density at radius 2 is 1.82 bits per heavy atom. The monoisotopic (exact) mass is 450 g/mol. The van der Waals surface area contributed by atoms with Crippen molar-refractivity contribution < 1.29 is 13.5 Å². The van der Waals surface area contributed by atoms with Gasteiger partial charge in [0.25, 0.3) is 0 Å². The van der Waals surface area contributed by atoms with Crippen molar-refractivity contribution in [1.29, 1.82) is 0 Å². The molecule has 0 atom stereocenters. The van der Waals surface area contributed by atoms with Gasteiger partial charge in [-0.25, -0.2) is 18.7 Å². The van der Waals surface area contributed by atoms with E-state index < -0.39 is 5.82 Å². The molecular weight excluding hydrogens is 426 g/mol. The molecule has 1 aliphatic rings. The van der Waals surface area contributed by atoms with Crippen molar-refractivity contribution in [2.45, 2.75) is 6.92 Å². The van der Waals surface area contributed by atoms with Gasteiger partial charge in [0.2, 0.25) is 5.88 Å². The SMILES string of the molecule is Cc1cc2c(F)c(Oc3cc(Nc4ccc(N5CCN(C)CC5)c(F)c4)ncn3)ccc2[nH]1. The van der Waals surface area contributed by atoms with Crippen molar-refractivity contribution >= 4 is 28.1 Å². The first-order valence-corrected chi connectivity index (χ1v) is 10.7. The molecule has 1 aliphatic heterocycles. The maximum Gasteiger partial charge on any atom is 0.224 e. The molecule has 0 bridgehead atoms. The van der Waals surface area contributed by atoms with E-state index in [-0.39, 0.29) is 17.4 Å². The number of ether oxygens (including phenoxy) is 1. The fourth-order valence-electron chi connectivity index (χ4n) is 3.98. The van der Waals surface area contributed by atoms with Gasteiger partial charge in [-0.15, -0.1) is 0 Å². The predicted octanol–water partition coefficient (Wildman–Crippen LogP) is 4.83. The standard InChI is InChI=1S/C24H24F2N6O/c1-15-11-17-19(29-15)4-6-21(24(17)26)33-23-13-22(27-14-28-23)30-16-3-5-20(18(25)12-16)32-9-7-31(2)8-10-32/h3-6,11-14,29H,7-10H2,1-2H3,(H,27,28,30). The highest BCUT2D eigenvalue weighted by atomic mass is 19.1. The number of halogens is 2. The fourth-order valence-corrected chi connectivity index (χ4v) is 3.98. The van der Waals surface area contributed by atoms with Gasteiger partial charge in [0.05, 0.1) is 5.69 Å². The second-order valence-corrected chi connectivity index (χ2v) is 8.22. The van der Waals surface area contributed by atoms with Crippen LogP contribution >= 0.6 is 0 Å².